The Morgan fingerprint density at radius 2 is 1.87 bits per heavy atom. The number of amides is 2. The van der Waals surface area contributed by atoms with Gasteiger partial charge < -0.3 is 10.2 Å². The fraction of sp³-hybridized carbons (Fsp3) is 0.400. The third-order valence-corrected chi connectivity index (χ3v) is 7.96. The Kier molecular flexibility index (Phi) is 3.91. The van der Waals surface area contributed by atoms with Crippen LogP contribution in [-0.2, 0) is 0 Å². The highest BCUT2D eigenvalue weighted by molar-refractivity contribution is 7.25. The Morgan fingerprint density at radius 3 is 2.68 bits per heavy atom. The van der Waals surface area contributed by atoms with Crippen molar-refractivity contribution in [3.63, 3.8) is 0 Å². The Balaban J connectivity index is 1.33. The van der Waals surface area contributed by atoms with Gasteiger partial charge in [-0.25, -0.2) is 14.8 Å². The minimum Gasteiger partial charge on any atom is -0.321 e. The molecule has 6 heteroatoms. The van der Waals surface area contributed by atoms with Crippen molar-refractivity contribution in [3.05, 3.63) is 42.5 Å². The molecule has 158 valence electrons. The molecule has 1 N–H and O–H groups in total. The summed E-state index contributed by atoms with van der Waals surface area (Å²) < 4.78 is 1.13. The number of anilines is 1. The maximum atomic E-state index is 13.2. The molecule has 2 amide bonds. The molecule has 2 bridgehead atoms. The highest BCUT2D eigenvalue weighted by Crippen LogP contribution is 2.52. The number of likely N-dealkylation sites (tertiary alicyclic amines) is 1. The van der Waals surface area contributed by atoms with Crippen LogP contribution >= 0.6 is 11.3 Å². The monoisotopic (exact) mass is 430 g/mol. The van der Waals surface area contributed by atoms with E-state index in [9.17, 15) is 4.79 Å². The van der Waals surface area contributed by atoms with E-state index in [-0.39, 0.29) is 11.4 Å². The third kappa shape index (κ3) is 3.16. The molecule has 1 aliphatic heterocycles. The SMILES string of the molecule is CC1(C)CC2CC(C)(CN2C(=O)Nc2ccc3sc4nc5ccccc5nc4c3c2)C1. The molecular weight excluding hydrogens is 404 g/mol. The maximum absolute atomic E-state index is 13.2. The Bertz CT molecular complexity index is 1360. The average molecular weight is 431 g/mol. The molecule has 0 radical (unpaired) electrons. The van der Waals surface area contributed by atoms with E-state index in [1.54, 1.807) is 11.3 Å². The lowest BCUT2D eigenvalue weighted by atomic mass is 9.65. The van der Waals surface area contributed by atoms with Crippen molar-refractivity contribution in [1.29, 1.82) is 0 Å². The zero-order valence-electron chi connectivity index (χ0n) is 18.1. The normalized spacial score (nSPS) is 24.9. The number of hydrogen-bond donors (Lipinski definition) is 1. The molecule has 0 spiro atoms. The van der Waals surface area contributed by atoms with Gasteiger partial charge in [0, 0.05) is 28.4 Å². The Labute approximate surface area is 185 Å². The molecule has 2 aliphatic rings. The summed E-state index contributed by atoms with van der Waals surface area (Å²) in [5.41, 5.74) is 4.05. The second-order valence-corrected chi connectivity index (χ2v) is 11.5. The number of aromatic nitrogens is 2. The molecule has 31 heavy (non-hydrogen) atoms. The summed E-state index contributed by atoms with van der Waals surface area (Å²) in [6.45, 7) is 7.84. The summed E-state index contributed by atoms with van der Waals surface area (Å²) in [6.07, 6.45) is 3.37. The van der Waals surface area contributed by atoms with E-state index in [1.807, 2.05) is 36.4 Å². The second-order valence-electron chi connectivity index (χ2n) is 10.5. The van der Waals surface area contributed by atoms with Crippen molar-refractivity contribution in [2.45, 2.75) is 46.1 Å². The van der Waals surface area contributed by atoms with Crippen molar-refractivity contribution in [3.8, 4) is 0 Å². The predicted octanol–water partition coefficient (Wildman–Crippen LogP) is 6.43. The van der Waals surface area contributed by atoms with E-state index in [0.29, 0.717) is 11.5 Å². The molecule has 3 heterocycles. The first-order chi connectivity index (χ1) is 14.8. The first-order valence-corrected chi connectivity index (χ1v) is 11.8. The number of fused-ring (bicyclic) bond motifs is 6. The van der Waals surface area contributed by atoms with Gasteiger partial charge in [-0.2, -0.15) is 0 Å². The van der Waals surface area contributed by atoms with Crippen molar-refractivity contribution < 1.29 is 4.79 Å². The van der Waals surface area contributed by atoms with Gasteiger partial charge in [0.15, 0.2) is 0 Å². The van der Waals surface area contributed by atoms with Crippen LogP contribution in [0, 0.1) is 10.8 Å². The zero-order valence-corrected chi connectivity index (χ0v) is 18.9. The maximum Gasteiger partial charge on any atom is 0.322 e. The van der Waals surface area contributed by atoms with Gasteiger partial charge in [0.25, 0.3) is 0 Å². The number of para-hydroxylation sites is 2. The Hall–Kier alpha value is -2.73. The summed E-state index contributed by atoms with van der Waals surface area (Å²) >= 11 is 1.64. The van der Waals surface area contributed by atoms with Crippen LogP contribution < -0.4 is 5.32 Å². The molecular formula is C25H26N4OS. The summed E-state index contributed by atoms with van der Waals surface area (Å²) in [6, 6.07) is 14.4. The molecule has 2 atom stereocenters. The quantitative estimate of drug-likeness (QED) is 0.378. The number of carbonyl (C=O) groups is 1. The van der Waals surface area contributed by atoms with E-state index in [0.717, 1.165) is 56.5 Å². The molecule has 1 saturated carbocycles. The van der Waals surface area contributed by atoms with E-state index in [2.05, 4.69) is 37.1 Å². The number of nitrogens with one attached hydrogen (secondary N) is 1. The van der Waals surface area contributed by atoms with Gasteiger partial charge in [-0.05, 0) is 60.4 Å². The molecule has 1 aliphatic carbocycles. The number of rotatable bonds is 1. The highest BCUT2D eigenvalue weighted by atomic mass is 32.1. The largest absolute Gasteiger partial charge is 0.322 e. The minimum atomic E-state index is 0.0156. The molecule has 4 aromatic rings. The van der Waals surface area contributed by atoms with Crippen LogP contribution in [0.5, 0.6) is 0 Å². The van der Waals surface area contributed by atoms with Crippen LogP contribution in [0.15, 0.2) is 42.5 Å². The van der Waals surface area contributed by atoms with E-state index >= 15 is 0 Å². The van der Waals surface area contributed by atoms with Crippen LogP contribution in [0.25, 0.3) is 31.5 Å². The first-order valence-electron chi connectivity index (χ1n) is 11.0. The average Bonchev–Trinajstić information content (AvgIpc) is 3.18. The molecule has 6 rings (SSSR count). The highest BCUT2D eigenvalue weighted by Gasteiger charge is 2.51. The minimum absolute atomic E-state index is 0.0156. The van der Waals surface area contributed by atoms with Crippen LogP contribution in [-0.4, -0.2) is 33.5 Å². The summed E-state index contributed by atoms with van der Waals surface area (Å²) in [7, 11) is 0. The van der Waals surface area contributed by atoms with Gasteiger partial charge in [-0.3, -0.25) is 0 Å². The molecule has 5 nitrogen and oxygen atoms in total. The Morgan fingerprint density at radius 1 is 1.10 bits per heavy atom. The number of urea groups is 1. The van der Waals surface area contributed by atoms with E-state index in [4.69, 9.17) is 9.97 Å². The molecule has 2 unspecified atom stereocenters. The van der Waals surface area contributed by atoms with Crippen molar-refractivity contribution in [2.24, 2.45) is 10.8 Å². The van der Waals surface area contributed by atoms with Gasteiger partial charge in [-0.1, -0.05) is 32.9 Å². The van der Waals surface area contributed by atoms with Crippen molar-refractivity contribution in [2.75, 3.05) is 11.9 Å². The third-order valence-electron chi connectivity index (χ3n) is 6.91. The summed E-state index contributed by atoms with van der Waals surface area (Å²) in [5, 5.41) is 4.21. The van der Waals surface area contributed by atoms with Crippen LogP contribution in [0.4, 0.5) is 10.5 Å². The van der Waals surface area contributed by atoms with E-state index < -0.39 is 0 Å². The fourth-order valence-electron chi connectivity index (χ4n) is 6.11. The number of carbonyl (C=O) groups excluding carboxylic acids is 1. The first kappa shape index (κ1) is 19.0. The lowest BCUT2D eigenvalue weighted by Crippen LogP contribution is -2.40. The number of nitrogens with zero attached hydrogens (tertiary/aromatic N) is 3. The number of benzene rings is 2. The van der Waals surface area contributed by atoms with Crippen LogP contribution in [0.1, 0.15) is 40.0 Å². The lowest BCUT2D eigenvalue weighted by molar-refractivity contribution is 0.130. The van der Waals surface area contributed by atoms with Crippen molar-refractivity contribution >= 4 is 54.5 Å². The predicted molar refractivity (Wildman–Crippen MR) is 128 cm³/mol. The number of hydrogen-bond acceptors (Lipinski definition) is 4. The van der Waals surface area contributed by atoms with Crippen LogP contribution in [0.2, 0.25) is 0 Å². The van der Waals surface area contributed by atoms with Gasteiger partial charge in [0.05, 0.1) is 11.0 Å². The van der Waals surface area contributed by atoms with Crippen molar-refractivity contribution in [1.82, 2.24) is 14.9 Å². The topological polar surface area (TPSA) is 58.1 Å². The van der Waals surface area contributed by atoms with E-state index in [1.165, 1.54) is 6.42 Å². The molecule has 2 aromatic heterocycles. The van der Waals surface area contributed by atoms with Crippen LogP contribution in [0.3, 0.4) is 0 Å². The second kappa shape index (κ2) is 6.39. The zero-order chi connectivity index (χ0) is 21.4. The standard InChI is InChI=1S/C25H26N4OS/c1-24(2)11-16-12-25(3,13-24)14-29(16)23(30)26-15-8-9-20-17(10-15)21-22(31-20)28-19-7-5-4-6-18(19)27-21/h4-10,16H,11-14H2,1-3H3,(H,26,30). The fourth-order valence-corrected chi connectivity index (χ4v) is 7.12. The van der Waals surface area contributed by atoms with Gasteiger partial charge in [-0.15, -0.1) is 11.3 Å². The van der Waals surface area contributed by atoms with Gasteiger partial charge in [0.1, 0.15) is 10.3 Å². The summed E-state index contributed by atoms with van der Waals surface area (Å²) in [5.74, 6) is 0. The van der Waals surface area contributed by atoms with Gasteiger partial charge >= 0.3 is 6.03 Å². The number of thiophene rings is 1. The lowest BCUT2D eigenvalue weighted by Gasteiger charge is -2.39. The molecule has 2 aromatic carbocycles. The van der Waals surface area contributed by atoms with Gasteiger partial charge in [0.2, 0.25) is 0 Å². The summed E-state index contributed by atoms with van der Waals surface area (Å²) in [4.78, 5) is 25.9. The molecule has 1 saturated heterocycles. The smallest absolute Gasteiger partial charge is 0.321 e. The molecule has 2 fully saturated rings.